The molecule has 0 radical (unpaired) electrons. The molecule has 5 heteroatoms. The molecule has 1 aromatic carbocycles. The molecule has 1 aliphatic rings. The van der Waals surface area contributed by atoms with Gasteiger partial charge in [0.25, 0.3) is 0 Å². The third-order valence-electron chi connectivity index (χ3n) is 4.87. The molecule has 1 fully saturated rings. The number of benzene rings is 1. The van der Waals surface area contributed by atoms with Crippen LogP contribution in [0.5, 0.6) is 0 Å². The van der Waals surface area contributed by atoms with Gasteiger partial charge in [-0.15, -0.1) is 0 Å². The zero-order valence-electron chi connectivity index (χ0n) is 13.2. The number of carbonyl (C=O) groups is 1. The maximum absolute atomic E-state index is 10.9. The highest BCUT2D eigenvalue weighted by Crippen LogP contribution is 2.38. The Hall–Kier alpha value is -1.43. The predicted molar refractivity (Wildman–Crippen MR) is 85.9 cm³/mol. The summed E-state index contributed by atoms with van der Waals surface area (Å²) < 4.78 is 0. The predicted octanol–water partition coefficient (Wildman–Crippen LogP) is 1.59. The van der Waals surface area contributed by atoms with E-state index in [1.54, 1.807) is 0 Å². The lowest BCUT2D eigenvalue weighted by Gasteiger charge is -2.23. The largest absolute Gasteiger partial charge is 0.481 e. The Bertz CT molecular complexity index is 489. The van der Waals surface area contributed by atoms with E-state index < -0.39 is 30.2 Å². The molecule has 1 saturated carbocycles. The number of aryl methyl sites for hydroxylation is 1. The molecule has 0 heterocycles. The van der Waals surface area contributed by atoms with Gasteiger partial charge in [-0.05, 0) is 43.6 Å². The molecule has 1 aromatic rings. The molecular formula is C18H26O5. The molecule has 23 heavy (non-hydrogen) atoms. The van der Waals surface area contributed by atoms with Crippen LogP contribution in [0.2, 0.25) is 0 Å². The second-order valence-corrected chi connectivity index (χ2v) is 6.55. The summed E-state index contributed by atoms with van der Waals surface area (Å²) in [6, 6.07) is 9.93. The minimum Gasteiger partial charge on any atom is -0.481 e. The average Bonchev–Trinajstić information content (AvgIpc) is 2.77. The fourth-order valence-corrected chi connectivity index (χ4v) is 3.57. The van der Waals surface area contributed by atoms with Gasteiger partial charge in [-0.3, -0.25) is 4.79 Å². The molecule has 0 spiro atoms. The standard InChI is InChI=1S/C18H26O5/c19-13(7-6-12-4-2-1-3-5-12)8-9-14-15(10-18(22)23)17(21)11-16(14)20/h1-5,13-17,19-21H,6-11H2,(H,22,23)/t13-,14+,15+,16+,17+/m0/s1. The fourth-order valence-electron chi connectivity index (χ4n) is 3.57. The molecule has 5 atom stereocenters. The number of carboxylic acid groups (broad SMARTS) is 1. The third-order valence-corrected chi connectivity index (χ3v) is 4.87. The van der Waals surface area contributed by atoms with Gasteiger partial charge in [0.15, 0.2) is 0 Å². The molecule has 0 amide bonds. The van der Waals surface area contributed by atoms with Crippen LogP contribution in [0.4, 0.5) is 0 Å². The second kappa shape index (κ2) is 8.43. The lowest BCUT2D eigenvalue weighted by Crippen LogP contribution is -2.26. The monoisotopic (exact) mass is 322 g/mol. The van der Waals surface area contributed by atoms with Crippen molar-refractivity contribution in [1.82, 2.24) is 0 Å². The first-order valence-corrected chi connectivity index (χ1v) is 8.27. The lowest BCUT2D eigenvalue weighted by molar-refractivity contribution is -0.139. The van der Waals surface area contributed by atoms with Crippen LogP contribution in [0.25, 0.3) is 0 Å². The second-order valence-electron chi connectivity index (χ2n) is 6.55. The van der Waals surface area contributed by atoms with Gasteiger partial charge in [-0.2, -0.15) is 0 Å². The van der Waals surface area contributed by atoms with Crippen molar-refractivity contribution in [2.75, 3.05) is 0 Å². The van der Waals surface area contributed by atoms with E-state index in [9.17, 15) is 20.1 Å². The van der Waals surface area contributed by atoms with E-state index in [1.807, 2.05) is 30.3 Å². The van der Waals surface area contributed by atoms with E-state index in [1.165, 1.54) is 5.56 Å². The number of carboxylic acids is 1. The van der Waals surface area contributed by atoms with E-state index in [0.717, 1.165) is 6.42 Å². The van der Waals surface area contributed by atoms with Crippen LogP contribution in [-0.2, 0) is 11.2 Å². The van der Waals surface area contributed by atoms with Gasteiger partial charge in [-0.25, -0.2) is 0 Å². The van der Waals surface area contributed by atoms with Crippen LogP contribution >= 0.6 is 0 Å². The van der Waals surface area contributed by atoms with Crippen LogP contribution in [-0.4, -0.2) is 44.7 Å². The van der Waals surface area contributed by atoms with Gasteiger partial charge in [0, 0.05) is 5.92 Å². The lowest BCUT2D eigenvalue weighted by atomic mass is 9.86. The Morgan fingerprint density at radius 3 is 2.39 bits per heavy atom. The highest BCUT2D eigenvalue weighted by molar-refractivity contribution is 5.67. The van der Waals surface area contributed by atoms with Crippen LogP contribution < -0.4 is 0 Å². The van der Waals surface area contributed by atoms with Crippen molar-refractivity contribution in [2.24, 2.45) is 11.8 Å². The van der Waals surface area contributed by atoms with E-state index in [0.29, 0.717) is 19.3 Å². The van der Waals surface area contributed by atoms with Gasteiger partial charge >= 0.3 is 5.97 Å². The highest BCUT2D eigenvalue weighted by atomic mass is 16.4. The summed E-state index contributed by atoms with van der Waals surface area (Å²) in [5, 5.41) is 39.0. The van der Waals surface area contributed by atoms with Gasteiger partial charge in [0.2, 0.25) is 0 Å². The van der Waals surface area contributed by atoms with Gasteiger partial charge in [0.05, 0.1) is 24.7 Å². The smallest absolute Gasteiger partial charge is 0.303 e. The SMILES string of the molecule is O=C(O)C[C@@H]1[C@@H](CC[C@@H](O)CCc2ccccc2)[C@H](O)C[C@H]1O. The molecule has 0 saturated heterocycles. The van der Waals surface area contributed by atoms with Crippen molar-refractivity contribution in [3.8, 4) is 0 Å². The van der Waals surface area contributed by atoms with Crippen molar-refractivity contribution in [3.63, 3.8) is 0 Å². The van der Waals surface area contributed by atoms with E-state index in [2.05, 4.69) is 0 Å². The molecule has 4 N–H and O–H groups in total. The van der Waals surface area contributed by atoms with E-state index in [4.69, 9.17) is 5.11 Å². The summed E-state index contributed by atoms with van der Waals surface area (Å²) in [5.74, 6) is -1.64. The van der Waals surface area contributed by atoms with Crippen LogP contribution in [0, 0.1) is 11.8 Å². The van der Waals surface area contributed by atoms with Crippen LogP contribution in [0.3, 0.4) is 0 Å². The number of aliphatic carboxylic acids is 1. The fraction of sp³-hybridized carbons (Fsp3) is 0.611. The van der Waals surface area contributed by atoms with Crippen molar-refractivity contribution < 1.29 is 25.2 Å². The number of hydrogen-bond acceptors (Lipinski definition) is 4. The summed E-state index contributed by atoms with van der Waals surface area (Å²) >= 11 is 0. The van der Waals surface area contributed by atoms with Crippen molar-refractivity contribution >= 4 is 5.97 Å². The van der Waals surface area contributed by atoms with E-state index >= 15 is 0 Å². The van der Waals surface area contributed by atoms with Crippen molar-refractivity contribution in [1.29, 1.82) is 0 Å². The molecule has 1 aliphatic carbocycles. The number of aliphatic hydroxyl groups is 3. The van der Waals surface area contributed by atoms with Crippen molar-refractivity contribution in [2.45, 2.75) is 56.8 Å². The minimum absolute atomic E-state index is 0.136. The summed E-state index contributed by atoms with van der Waals surface area (Å²) in [7, 11) is 0. The molecule has 0 bridgehead atoms. The molecular weight excluding hydrogens is 296 g/mol. The number of rotatable bonds is 8. The average molecular weight is 322 g/mol. The molecule has 5 nitrogen and oxygen atoms in total. The zero-order chi connectivity index (χ0) is 16.8. The maximum Gasteiger partial charge on any atom is 0.303 e. The number of hydrogen-bond donors (Lipinski definition) is 4. The molecule has 0 unspecified atom stereocenters. The Labute approximate surface area is 136 Å². The Kier molecular flexibility index (Phi) is 6.57. The van der Waals surface area contributed by atoms with Gasteiger partial charge < -0.3 is 20.4 Å². The van der Waals surface area contributed by atoms with Gasteiger partial charge in [0.1, 0.15) is 0 Å². The molecule has 0 aliphatic heterocycles. The third kappa shape index (κ3) is 5.30. The Morgan fingerprint density at radius 1 is 1.09 bits per heavy atom. The van der Waals surface area contributed by atoms with Crippen LogP contribution in [0.1, 0.15) is 37.7 Å². The summed E-state index contributed by atoms with van der Waals surface area (Å²) in [5.41, 5.74) is 1.17. The van der Waals surface area contributed by atoms with E-state index in [-0.39, 0.29) is 18.8 Å². The molecule has 2 rings (SSSR count). The number of aliphatic hydroxyl groups excluding tert-OH is 3. The quantitative estimate of drug-likeness (QED) is 0.583. The van der Waals surface area contributed by atoms with Crippen LogP contribution in [0.15, 0.2) is 30.3 Å². The summed E-state index contributed by atoms with van der Waals surface area (Å²) in [6.45, 7) is 0. The molecule has 128 valence electrons. The summed E-state index contributed by atoms with van der Waals surface area (Å²) in [4.78, 5) is 10.9. The zero-order valence-corrected chi connectivity index (χ0v) is 13.2. The summed E-state index contributed by atoms with van der Waals surface area (Å²) in [6.07, 6.45) is 0.624. The normalized spacial score (nSPS) is 28.7. The maximum atomic E-state index is 10.9. The minimum atomic E-state index is -0.960. The first-order chi connectivity index (χ1) is 11.0. The Morgan fingerprint density at radius 2 is 1.74 bits per heavy atom. The first kappa shape index (κ1) is 17.9. The first-order valence-electron chi connectivity index (χ1n) is 8.27. The van der Waals surface area contributed by atoms with Gasteiger partial charge in [-0.1, -0.05) is 30.3 Å². The van der Waals surface area contributed by atoms with Crippen molar-refractivity contribution in [3.05, 3.63) is 35.9 Å². The molecule has 0 aromatic heterocycles. The highest BCUT2D eigenvalue weighted by Gasteiger charge is 2.42. The Balaban J connectivity index is 1.79. The topological polar surface area (TPSA) is 98.0 Å².